The van der Waals surface area contributed by atoms with Gasteiger partial charge in [-0.2, -0.15) is 0 Å². The summed E-state index contributed by atoms with van der Waals surface area (Å²) in [4.78, 5) is 18.2. The molecule has 2 aromatic heterocycles. The van der Waals surface area contributed by atoms with Crippen molar-refractivity contribution in [3.8, 4) is 11.8 Å². The van der Waals surface area contributed by atoms with Crippen molar-refractivity contribution in [2.24, 2.45) is 7.05 Å². The van der Waals surface area contributed by atoms with Crippen LogP contribution in [0, 0.1) is 0 Å². The molecule has 8 heteroatoms. The number of nitrogens with zero attached hydrogens (tertiary/aromatic N) is 4. The van der Waals surface area contributed by atoms with Crippen LogP contribution in [0.5, 0.6) is 11.8 Å². The smallest absolute Gasteiger partial charge is 0.261 e. The molecule has 22 heavy (non-hydrogen) atoms. The molecule has 7 nitrogen and oxygen atoms in total. The third-order valence-corrected chi connectivity index (χ3v) is 3.96. The molecule has 1 saturated heterocycles. The minimum Gasteiger partial charge on any atom is -0.479 e. The van der Waals surface area contributed by atoms with Crippen LogP contribution in [0.15, 0.2) is 29.0 Å². The van der Waals surface area contributed by atoms with Gasteiger partial charge in [0.1, 0.15) is 11.7 Å². The van der Waals surface area contributed by atoms with E-state index in [9.17, 15) is 4.79 Å². The molecule has 0 unspecified atom stereocenters. The van der Waals surface area contributed by atoms with Crippen molar-refractivity contribution in [1.29, 1.82) is 0 Å². The third-order valence-electron chi connectivity index (χ3n) is 3.36. The standard InChI is InChI=1S/C14H15BrN4O3/c1-18-8-10(12(17-18)21-2)14(20)19-6-9(7-19)22-13-11(15)4-3-5-16-13/h3-5,8-9H,6-7H2,1-2H3. The number of likely N-dealkylation sites (tertiary alicyclic amines) is 1. The highest BCUT2D eigenvalue weighted by Crippen LogP contribution is 2.26. The van der Waals surface area contributed by atoms with Crippen LogP contribution in [-0.2, 0) is 7.05 Å². The maximum absolute atomic E-state index is 12.4. The normalized spacial score (nSPS) is 14.6. The minimum absolute atomic E-state index is 0.0576. The number of aryl methyl sites for hydroxylation is 1. The van der Waals surface area contributed by atoms with Crippen LogP contribution in [0.25, 0.3) is 0 Å². The van der Waals surface area contributed by atoms with Crippen LogP contribution in [0.1, 0.15) is 10.4 Å². The summed E-state index contributed by atoms with van der Waals surface area (Å²) in [6, 6.07) is 3.69. The Hall–Kier alpha value is -2.09. The second-order valence-electron chi connectivity index (χ2n) is 4.97. The Labute approximate surface area is 136 Å². The maximum atomic E-state index is 12.4. The average molecular weight is 367 g/mol. The van der Waals surface area contributed by atoms with Crippen molar-refractivity contribution in [3.63, 3.8) is 0 Å². The quantitative estimate of drug-likeness (QED) is 0.819. The van der Waals surface area contributed by atoms with Gasteiger partial charge in [0, 0.05) is 19.4 Å². The number of rotatable bonds is 4. The first-order chi connectivity index (χ1) is 10.6. The molecule has 0 spiro atoms. The SMILES string of the molecule is COc1nn(C)cc1C(=O)N1CC(Oc2ncccc2Br)C1. The Balaban J connectivity index is 1.61. The maximum Gasteiger partial charge on any atom is 0.261 e. The van der Waals surface area contributed by atoms with E-state index >= 15 is 0 Å². The van der Waals surface area contributed by atoms with E-state index in [4.69, 9.17) is 9.47 Å². The Morgan fingerprint density at radius 1 is 1.41 bits per heavy atom. The molecule has 0 bridgehead atoms. The molecule has 0 aromatic carbocycles. The number of carbonyl (C=O) groups excluding carboxylic acids is 1. The van der Waals surface area contributed by atoms with Gasteiger partial charge in [-0.3, -0.25) is 9.48 Å². The fourth-order valence-corrected chi connectivity index (χ4v) is 2.58. The fourth-order valence-electron chi connectivity index (χ4n) is 2.23. The van der Waals surface area contributed by atoms with Gasteiger partial charge in [0.05, 0.1) is 24.7 Å². The molecule has 1 amide bonds. The molecule has 2 aromatic rings. The van der Waals surface area contributed by atoms with Crippen molar-refractivity contribution >= 4 is 21.8 Å². The molecule has 1 fully saturated rings. The van der Waals surface area contributed by atoms with Crippen molar-refractivity contribution < 1.29 is 14.3 Å². The number of carbonyl (C=O) groups is 1. The number of amides is 1. The summed E-state index contributed by atoms with van der Waals surface area (Å²) >= 11 is 3.38. The van der Waals surface area contributed by atoms with Gasteiger partial charge in [-0.1, -0.05) is 0 Å². The number of hydrogen-bond donors (Lipinski definition) is 0. The van der Waals surface area contributed by atoms with Crippen molar-refractivity contribution in [2.75, 3.05) is 20.2 Å². The van der Waals surface area contributed by atoms with Crippen LogP contribution in [0.4, 0.5) is 0 Å². The van der Waals surface area contributed by atoms with Crippen molar-refractivity contribution in [1.82, 2.24) is 19.7 Å². The molecule has 0 atom stereocenters. The average Bonchev–Trinajstić information content (AvgIpc) is 2.84. The number of aromatic nitrogens is 3. The summed E-state index contributed by atoms with van der Waals surface area (Å²) in [5.74, 6) is 0.771. The van der Waals surface area contributed by atoms with Crippen LogP contribution < -0.4 is 9.47 Å². The van der Waals surface area contributed by atoms with E-state index in [2.05, 4.69) is 26.0 Å². The van der Waals surface area contributed by atoms with Gasteiger partial charge in [0.2, 0.25) is 11.8 Å². The first-order valence-corrected chi connectivity index (χ1v) is 7.52. The summed E-state index contributed by atoms with van der Waals surface area (Å²) in [6.07, 6.45) is 3.27. The fraction of sp³-hybridized carbons (Fsp3) is 0.357. The highest BCUT2D eigenvalue weighted by Gasteiger charge is 2.35. The summed E-state index contributed by atoms with van der Waals surface area (Å²) in [7, 11) is 3.25. The monoisotopic (exact) mass is 366 g/mol. The zero-order valence-corrected chi connectivity index (χ0v) is 13.8. The second kappa shape index (κ2) is 5.96. The number of ether oxygens (including phenoxy) is 2. The number of methoxy groups -OCH3 is 1. The predicted molar refractivity (Wildman–Crippen MR) is 82.0 cm³/mol. The van der Waals surface area contributed by atoms with Crippen LogP contribution in [0.2, 0.25) is 0 Å². The first-order valence-electron chi connectivity index (χ1n) is 6.72. The Morgan fingerprint density at radius 3 is 2.86 bits per heavy atom. The Kier molecular flexibility index (Phi) is 4.02. The van der Waals surface area contributed by atoms with Gasteiger partial charge in [0.25, 0.3) is 5.91 Å². The van der Waals surface area contributed by atoms with Gasteiger partial charge >= 0.3 is 0 Å². The van der Waals surface area contributed by atoms with E-state index in [1.807, 2.05) is 12.1 Å². The molecular weight excluding hydrogens is 352 g/mol. The van der Waals surface area contributed by atoms with Gasteiger partial charge in [-0.15, -0.1) is 5.10 Å². The minimum atomic E-state index is -0.107. The molecule has 1 aliphatic heterocycles. The summed E-state index contributed by atoms with van der Waals surface area (Å²) in [5, 5.41) is 4.09. The highest BCUT2D eigenvalue weighted by atomic mass is 79.9. The Morgan fingerprint density at radius 2 is 2.18 bits per heavy atom. The lowest BCUT2D eigenvalue weighted by Gasteiger charge is -2.38. The molecule has 3 rings (SSSR count). The predicted octanol–water partition coefficient (Wildman–Crippen LogP) is 1.49. The van der Waals surface area contributed by atoms with E-state index in [1.165, 1.54) is 7.11 Å². The molecule has 0 aliphatic carbocycles. The molecule has 3 heterocycles. The third kappa shape index (κ3) is 2.78. The molecule has 116 valence electrons. The van der Waals surface area contributed by atoms with Crippen LogP contribution in [-0.4, -0.2) is 51.9 Å². The largest absolute Gasteiger partial charge is 0.479 e. The number of halogens is 1. The van der Waals surface area contributed by atoms with E-state index in [-0.39, 0.29) is 12.0 Å². The summed E-state index contributed by atoms with van der Waals surface area (Å²) in [6.45, 7) is 1.03. The van der Waals surface area contributed by atoms with Crippen LogP contribution in [0.3, 0.4) is 0 Å². The van der Waals surface area contributed by atoms with Gasteiger partial charge in [0.15, 0.2) is 0 Å². The van der Waals surface area contributed by atoms with Gasteiger partial charge in [-0.05, 0) is 28.1 Å². The molecule has 0 saturated carbocycles. The topological polar surface area (TPSA) is 69.5 Å². The highest BCUT2D eigenvalue weighted by molar-refractivity contribution is 9.10. The molecule has 0 radical (unpaired) electrons. The van der Waals surface area contributed by atoms with Gasteiger partial charge in [-0.25, -0.2) is 4.98 Å². The summed E-state index contributed by atoms with van der Waals surface area (Å²) < 4.78 is 13.2. The van der Waals surface area contributed by atoms with E-state index in [1.54, 1.807) is 29.0 Å². The zero-order valence-electron chi connectivity index (χ0n) is 12.2. The van der Waals surface area contributed by atoms with Crippen molar-refractivity contribution in [2.45, 2.75) is 6.10 Å². The second-order valence-corrected chi connectivity index (χ2v) is 5.82. The summed E-state index contributed by atoms with van der Waals surface area (Å²) in [5.41, 5.74) is 0.461. The lowest BCUT2D eigenvalue weighted by Crippen LogP contribution is -2.56. The van der Waals surface area contributed by atoms with E-state index in [0.717, 1.165) is 4.47 Å². The molecule has 1 aliphatic rings. The number of pyridine rings is 1. The van der Waals surface area contributed by atoms with Crippen molar-refractivity contribution in [3.05, 3.63) is 34.6 Å². The number of hydrogen-bond acceptors (Lipinski definition) is 5. The lowest BCUT2D eigenvalue weighted by atomic mass is 10.1. The Bertz CT molecular complexity index is 697. The molecule has 0 N–H and O–H groups in total. The molecular formula is C14H15BrN4O3. The van der Waals surface area contributed by atoms with E-state index in [0.29, 0.717) is 30.4 Å². The zero-order chi connectivity index (χ0) is 15.7. The van der Waals surface area contributed by atoms with Crippen LogP contribution >= 0.6 is 15.9 Å². The lowest BCUT2D eigenvalue weighted by molar-refractivity contribution is 0.0154. The van der Waals surface area contributed by atoms with Gasteiger partial charge < -0.3 is 14.4 Å². The van der Waals surface area contributed by atoms with E-state index < -0.39 is 0 Å². The first kappa shape index (κ1) is 14.8.